The maximum absolute atomic E-state index is 13.5. The van der Waals surface area contributed by atoms with E-state index in [1.165, 1.54) is 19.2 Å². The number of amides is 1. The summed E-state index contributed by atoms with van der Waals surface area (Å²) < 4.78 is 45.3. The Kier molecular flexibility index (Phi) is 9.24. The van der Waals surface area contributed by atoms with Gasteiger partial charge in [0.15, 0.2) is 5.78 Å². The van der Waals surface area contributed by atoms with Crippen LogP contribution in [0.5, 0.6) is 0 Å². The summed E-state index contributed by atoms with van der Waals surface area (Å²) in [6, 6.07) is 13.5. The van der Waals surface area contributed by atoms with Crippen molar-refractivity contribution in [3.63, 3.8) is 0 Å². The zero-order valence-electron chi connectivity index (χ0n) is 19.7. The lowest BCUT2D eigenvalue weighted by Gasteiger charge is -2.18. The van der Waals surface area contributed by atoms with Crippen LogP contribution < -0.4 is 10.6 Å². The van der Waals surface area contributed by atoms with Crippen molar-refractivity contribution in [1.29, 1.82) is 0 Å². The van der Waals surface area contributed by atoms with E-state index >= 15 is 0 Å². The summed E-state index contributed by atoms with van der Waals surface area (Å²) in [5.41, 5.74) is 0.470. The van der Waals surface area contributed by atoms with E-state index in [-0.39, 0.29) is 48.3 Å². The van der Waals surface area contributed by atoms with Gasteiger partial charge in [-0.3, -0.25) is 19.4 Å². The van der Waals surface area contributed by atoms with E-state index in [2.05, 4.69) is 15.6 Å². The summed E-state index contributed by atoms with van der Waals surface area (Å²) in [7, 11) is 0. The van der Waals surface area contributed by atoms with E-state index in [4.69, 9.17) is 16.3 Å². The topological polar surface area (TPSA) is 97.4 Å². The molecule has 0 unspecified atom stereocenters. The molecule has 2 aromatic carbocycles. The van der Waals surface area contributed by atoms with Crippen molar-refractivity contribution in [2.45, 2.75) is 32.4 Å². The van der Waals surface area contributed by atoms with Crippen LogP contribution in [0, 0.1) is 0 Å². The predicted octanol–water partition coefficient (Wildman–Crippen LogP) is 6.20. The number of carbonyl (C=O) groups is 3. The van der Waals surface area contributed by atoms with Crippen molar-refractivity contribution in [1.82, 2.24) is 4.98 Å². The first kappa shape index (κ1) is 27.7. The fourth-order valence-electron chi connectivity index (χ4n) is 3.32. The van der Waals surface area contributed by atoms with Crippen molar-refractivity contribution in [2.24, 2.45) is 0 Å². The van der Waals surface area contributed by atoms with Crippen LogP contribution in [0.4, 0.5) is 30.2 Å². The number of nitrogens with one attached hydrogen (secondary N) is 2. The van der Waals surface area contributed by atoms with Crippen molar-refractivity contribution in [3.8, 4) is 0 Å². The molecule has 11 heteroatoms. The average Bonchev–Trinajstić information content (AvgIpc) is 2.84. The van der Waals surface area contributed by atoms with Gasteiger partial charge in [0.2, 0.25) is 5.91 Å². The molecule has 37 heavy (non-hydrogen) atoms. The number of esters is 1. The molecule has 0 atom stereocenters. The van der Waals surface area contributed by atoms with Crippen LogP contribution in [-0.2, 0) is 26.9 Å². The van der Waals surface area contributed by atoms with Crippen molar-refractivity contribution < 1.29 is 32.3 Å². The van der Waals surface area contributed by atoms with Crippen LogP contribution in [0.1, 0.15) is 41.4 Å². The molecule has 3 rings (SSSR count). The molecule has 0 aliphatic heterocycles. The Hall–Kier alpha value is -3.92. The van der Waals surface area contributed by atoms with E-state index in [0.717, 1.165) is 17.7 Å². The molecule has 1 aromatic heterocycles. The smallest absolute Gasteiger partial charge is 0.417 e. The van der Waals surface area contributed by atoms with Gasteiger partial charge in [-0.25, -0.2) is 0 Å². The number of Topliss-reactive ketones (excluding diaryl/α,β-unsaturated/α-hetero) is 1. The third-order valence-electron chi connectivity index (χ3n) is 5.15. The highest BCUT2D eigenvalue weighted by Gasteiger charge is 2.34. The lowest BCUT2D eigenvalue weighted by atomic mass is 10.1. The van der Waals surface area contributed by atoms with Crippen LogP contribution in [0.3, 0.4) is 0 Å². The molecule has 194 valence electrons. The van der Waals surface area contributed by atoms with Gasteiger partial charge in [0.1, 0.15) is 5.69 Å². The first-order valence-electron chi connectivity index (χ1n) is 11.2. The number of hydrogen-bond donors (Lipinski definition) is 2. The molecule has 0 aliphatic carbocycles. The number of carbonyl (C=O) groups excluding carboxylic acids is 3. The number of alkyl halides is 3. The van der Waals surface area contributed by atoms with Crippen LogP contribution in [0.2, 0.25) is 5.02 Å². The zero-order chi connectivity index (χ0) is 27.0. The van der Waals surface area contributed by atoms with Gasteiger partial charge in [-0.05, 0) is 42.0 Å². The van der Waals surface area contributed by atoms with E-state index in [0.29, 0.717) is 12.1 Å². The molecule has 3 aromatic rings. The molecule has 0 aliphatic rings. The molecule has 0 saturated carbocycles. The Morgan fingerprint density at radius 1 is 1.00 bits per heavy atom. The predicted molar refractivity (Wildman–Crippen MR) is 133 cm³/mol. The highest BCUT2D eigenvalue weighted by molar-refractivity contribution is 6.32. The molecule has 7 nitrogen and oxygen atoms in total. The summed E-state index contributed by atoms with van der Waals surface area (Å²) in [4.78, 5) is 39.6. The quantitative estimate of drug-likeness (QED) is 0.238. The number of nitrogens with zero attached hydrogens (tertiary/aromatic N) is 1. The van der Waals surface area contributed by atoms with Crippen molar-refractivity contribution >= 4 is 46.3 Å². The molecule has 0 saturated heterocycles. The molecular formula is C26H23ClF3N3O4. The fourth-order valence-corrected chi connectivity index (χ4v) is 3.59. The number of aromatic nitrogens is 1. The minimum Gasteiger partial charge on any atom is -0.466 e. The van der Waals surface area contributed by atoms with Crippen molar-refractivity contribution in [3.05, 3.63) is 82.6 Å². The molecule has 0 radical (unpaired) electrons. The van der Waals surface area contributed by atoms with E-state index in [9.17, 15) is 27.6 Å². The summed E-state index contributed by atoms with van der Waals surface area (Å²) in [5, 5.41) is 4.86. The van der Waals surface area contributed by atoms with Gasteiger partial charge in [-0.1, -0.05) is 29.8 Å². The maximum Gasteiger partial charge on any atom is 0.417 e. The number of anilines is 3. The number of ether oxygens (including phenoxy) is 1. The van der Waals surface area contributed by atoms with Crippen LogP contribution >= 0.6 is 11.6 Å². The summed E-state index contributed by atoms with van der Waals surface area (Å²) in [6.45, 7) is 1.53. The molecule has 0 spiro atoms. The number of hydrogen-bond acceptors (Lipinski definition) is 6. The molecule has 2 N–H and O–H groups in total. The normalized spacial score (nSPS) is 11.1. The Morgan fingerprint density at radius 3 is 2.35 bits per heavy atom. The molecule has 0 bridgehead atoms. The second kappa shape index (κ2) is 12.4. The SMILES string of the molecule is CC(=O)OCCc1ccc(Nc2cc(Cl)c(C(F)(F)F)cc2NC(=O)CCC(=O)c2ccccn2)cc1. The number of ketones is 1. The van der Waals surface area contributed by atoms with Crippen molar-refractivity contribution in [2.75, 3.05) is 17.2 Å². The minimum absolute atomic E-state index is 0.134. The highest BCUT2D eigenvalue weighted by atomic mass is 35.5. The minimum atomic E-state index is -4.74. The fraction of sp³-hybridized carbons (Fsp3) is 0.231. The molecule has 1 amide bonds. The highest BCUT2D eigenvalue weighted by Crippen LogP contribution is 2.40. The average molecular weight is 534 g/mol. The molecule has 1 heterocycles. The largest absolute Gasteiger partial charge is 0.466 e. The second-order valence-corrected chi connectivity index (χ2v) is 8.38. The summed E-state index contributed by atoms with van der Waals surface area (Å²) >= 11 is 5.90. The standard InChI is InChI=1S/C26H23ClF3N3O4/c1-16(34)37-13-11-17-5-7-18(8-6-17)32-23-15-20(27)19(26(28,29)30)14-22(23)33-25(36)10-9-24(35)21-4-2-3-12-31-21/h2-8,12,14-15,32H,9-11,13H2,1H3,(H,33,36). The van der Waals surface area contributed by atoms with Gasteiger partial charge < -0.3 is 15.4 Å². The summed E-state index contributed by atoms with van der Waals surface area (Å²) in [5.74, 6) is -1.40. The van der Waals surface area contributed by atoms with Gasteiger partial charge in [0, 0.05) is 38.1 Å². The first-order chi connectivity index (χ1) is 17.5. The molecular weight excluding hydrogens is 511 g/mol. The number of pyridine rings is 1. The Bertz CT molecular complexity index is 1270. The molecule has 0 fully saturated rings. The van der Waals surface area contributed by atoms with E-state index < -0.39 is 22.7 Å². The lowest BCUT2D eigenvalue weighted by Crippen LogP contribution is -2.16. The number of benzene rings is 2. The Balaban J connectivity index is 1.75. The van der Waals surface area contributed by atoms with Crippen LogP contribution in [-0.4, -0.2) is 29.3 Å². The van der Waals surface area contributed by atoms with Gasteiger partial charge in [-0.15, -0.1) is 0 Å². The van der Waals surface area contributed by atoms with Gasteiger partial charge >= 0.3 is 12.1 Å². The van der Waals surface area contributed by atoms with Gasteiger partial charge in [0.05, 0.1) is 28.6 Å². The van der Waals surface area contributed by atoms with E-state index in [1.54, 1.807) is 36.4 Å². The monoisotopic (exact) mass is 533 g/mol. The third kappa shape index (κ3) is 8.32. The Labute approximate surface area is 216 Å². The summed E-state index contributed by atoms with van der Waals surface area (Å²) in [6.07, 6.45) is -3.22. The Morgan fingerprint density at radius 2 is 1.73 bits per heavy atom. The van der Waals surface area contributed by atoms with Crippen LogP contribution in [0.15, 0.2) is 60.8 Å². The lowest BCUT2D eigenvalue weighted by molar-refractivity contribution is -0.141. The van der Waals surface area contributed by atoms with Gasteiger partial charge in [0.25, 0.3) is 0 Å². The number of halogens is 4. The van der Waals surface area contributed by atoms with Crippen LogP contribution in [0.25, 0.3) is 0 Å². The van der Waals surface area contributed by atoms with Gasteiger partial charge in [-0.2, -0.15) is 13.2 Å². The van der Waals surface area contributed by atoms with E-state index in [1.807, 2.05) is 0 Å². The third-order valence-corrected chi connectivity index (χ3v) is 5.46. The first-order valence-corrected chi connectivity index (χ1v) is 11.5. The maximum atomic E-state index is 13.5. The number of rotatable bonds is 10. The zero-order valence-corrected chi connectivity index (χ0v) is 20.4. The second-order valence-electron chi connectivity index (χ2n) is 7.97.